The maximum atomic E-state index is 15.6. The standard InChI is InChI=1S/C31H36F3NO8.C28H30F3NO6/c1-29(2,7-8-41-17-22(39)16-37)27-10-19-9-18(23(32)13-24(19)35(27)14-21(38)15-36)11-28(40)30(5-6-30)20-3-4-25-26(12-20)43-31(33,34)42-25;1-26(2,7-8-36-15-19(34)14-33)24-10-17-9-16(20(29)13-21(17)32-24)11-25(35)27(5-6-27)18-3-4-22-23(12-18)38-28(30,31)37-22/h3-4,9-10,12-13,21-22,36-39H,5-8,11,14-17H2,1-2H3;3-4,9-10,12-13,19,32-34H,5-8,11,14-15H2,1-2H3/t21-,22+;19-/m10/s1. The van der Waals surface area contributed by atoms with E-state index in [0.717, 1.165) is 16.8 Å². The first-order chi connectivity index (χ1) is 38.2. The number of halogens is 6. The van der Waals surface area contributed by atoms with E-state index in [4.69, 9.17) is 19.7 Å². The Morgan fingerprint density at radius 1 is 0.605 bits per heavy atom. The van der Waals surface area contributed by atoms with Crippen molar-refractivity contribution in [1.29, 1.82) is 0 Å². The molecule has 0 saturated heterocycles. The third-order valence-corrected chi connectivity index (χ3v) is 15.8. The van der Waals surface area contributed by atoms with Crippen molar-refractivity contribution in [2.45, 2.75) is 138 Å². The number of carbonyl (C=O) groups excluding carboxylic acids is 2. The first-order valence-corrected chi connectivity index (χ1v) is 26.7. The summed E-state index contributed by atoms with van der Waals surface area (Å²) in [5, 5.41) is 58.0. The van der Waals surface area contributed by atoms with Crippen LogP contribution in [0.3, 0.4) is 0 Å². The summed E-state index contributed by atoms with van der Waals surface area (Å²) in [6.07, 6.45) is -7.64. The minimum atomic E-state index is -3.77. The average molecular weight is 1140 g/mol. The number of aliphatic hydroxyl groups is 6. The molecule has 438 valence electrons. The number of aliphatic hydroxyl groups excluding tert-OH is 6. The number of alkyl halides is 4. The molecule has 2 aliphatic heterocycles. The van der Waals surface area contributed by atoms with Gasteiger partial charge in [-0.2, -0.15) is 0 Å². The van der Waals surface area contributed by atoms with E-state index in [1.54, 1.807) is 28.8 Å². The first-order valence-electron chi connectivity index (χ1n) is 26.7. The average Bonchev–Trinajstić information content (AvgIpc) is 4.34. The Bertz CT molecular complexity index is 3290. The van der Waals surface area contributed by atoms with Crippen molar-refractivity contribution >= 4 is 33.4 Å². The molecule has 22 heteroatoms. The minimum absolute atomic E-state index is 0.00678. The quantitative estimate of drug-likeness (QED) is 0.0214. The molecule has 6 aromatic rings. The van der Waals surface area contributed by atoms with Gasteiger partial charge in [0.15, 0.2) is 23.0 Å². The van der Waals surface area contributed by atoms with Crippen molar-refractivity contribution in [2.75, 3.05) is 46.2 Å². The third kappa shape index (κ3) is 12.9. The lowest BCUT2D eigenvalue weighted by Crippen LogP contribution is -2.28. The largest absolute Gasteiger partial charge is 0.586 e. The van der Waals surface area contributed by atoms with E-state index >= 15 is 8.78 Å². The second-order valence-electron chi connectivity index (χ2n) is 22.8. The van der Waals surface area contributed by atoms with Crippen molar-refractivity contribution in [3.63, 3.8) is 0 Å². The Morgan fingerprint density at radius 3 is 1.54 bits per heavy atom. The number of Topliss-reactive ketones (excluding diaryl/α,β-unsaturated/α-hetero) is 2. The van der Waals surface area contributed by atoms with E-state index < -0.39 is 72.0 Å². The molecule has 7 N–H and O–H groups in total. The van der Waals surface area contributed by atoms with Gasteiger partial charge in [-0.05, 0) is 121 Å². The number of H-pyrrole nitrogens is 1. The van der Waals surface area contributed by atoms with Gasteiger partial charge in [0, 0.05) is 64.6 Å². The first kappa shape index (κ1) is 59.4. The van der Waals surface area contributed by atoms with Gasteiger partial charge in [-0.1, -0.05) is 39.8 Å². The van der Waals surface area contributed by atoms with Crippen LogP contribution in [0.15, 0.2) is 72.8 Å². The van der Waals surface area contributed by atoms with Gasteiger partial charge < -0.3 is 68.6 Å². The molecule has 4 aliphatic rings. The Morgan fingerprint density at radius 2 is 1.06 bits per heavy atom. The predicted octanol–water partition coefficient (Wildman–Crippen LogP) is 7.85. The van der Waals surface area contributed by atoms with Gasteiger partial charge in [0.25, 0.3) is 0 Å². The number of hydrogen-bond donors (Lipinski definition) is 7. The maximum absolute atomic E-state index is 15.6. The molecule has 81 heavy (non-hydrogen) atoms. The van der Waals surface area contributed by atoms with Crippen LogP contribution < -0.4 is 18.9 Å². The molecule has 0 bridgehead atoms. The van der Waals surface area contributed by atoms with Crippen LogP contribution in [0.4, 0.5) is 26.3 Å². The molecule has 0 amide bonds. The predicted molar refractivity (Wildman–Crippen MR) is 281 cm³/mol. The van der Waals surface area contributed by atoms with Crippen LogP contribution >= 0.6 is 0 Å². The summed E-state index contributed by atoms with van der Waals surface area (Å²) in [6.45, 7) is 7.33. The Hall–Kier alpha value is -6.24. The lowest BCUT2D eigenvalue weighted by molar-refractivity contribution is -0.287. The number of carbonyl (C=O) groups is 2. The lowest BCUT2D eigenvalue weighted by atomic mass is 9.85. The monoisotopic (exact) mass is 1140 g/mol. The van der Waals surface area contributed by atoms with Crippen LogP contribution in [-0.4, -0.2) is 129 Å². The van der Waals surface area contributed by atoms with Crippen molar-refractivity contribution in [2.24, 2.45) is 0 Å². The summed E-state index contributed by atoms with van der Waals surface area (Å²) in [4.78, 5) is 30.2. The van der Waals surface area contributed by atoms with Gasteiger partial charge in [-0.25, -0.2) is 8.78 Å². The Kier molecular flexibility index (Phi) is 16.7. The topological polar surface area (TPSA) is 232 Å². The lowest BCUT2D eigenvalue weighted by Gasteiger charge is -2.28. The maximum Gasteiger partial charge on any atom is 0.586 e. The normalized spacial score (nSPS) is 18.1. The summed E-state index contributed by atoms with van der Waals surface area (Å²) in [7, 11) is 0. The molecule has 2 fully saturated rings. The number of benzene rings is 4. The van der Waals surface area contributed by atoms with E-state index in [-0.39, 0.29) is 96.9 Å². The highest BCUT2D eigenvalue weighted by atomic mass is 19.3. The number of fused-ring (bicyclic) bond motifs is 4. The van der Waals surface area contributed by atoms with E-state index in [9.17, 15) is 47.6 Å². The zero-order chi connectivity index (χ0) is 58.5. The fraction of sp³-hybridized carbons (Fsp3) is 0.492. The molecule has 2 saturated carbocycles. The van der Waals surface area contributed by atoms with Crippen molar-refractivity contribution in [1.82, 2.24) is 9.55 Å². The number of rotatable bonds is 25. The number of aromatic nitrogens is 2. The van der Waals surface area contributed by atoms with Crippen LogP contribution in [0.5, 0.6) is 23.0 Å². The molecular formula is C59H66F6N2O14. The molecule has 0 unspecified atom stereocenters. The van der Waals surface area contributed by atoms with Gasteiger partial charge in [0.1, 0.15) is 35.4 Å². The number of aromatic amines is 1. The smallest absolute Gasteiger partial charge is 0.395 e. The number of nitrogens with zero attached hydrogens (tertiary/aromatic N) is 1. The van der Waals surface area contributed by atoms with E-state index in [2.05, 4.69) is 23.9 Å². The molecule has 16 nitrogen and oxygen atoms in total. The summed E-state index contributed by atoms with van der Waals surface area (Å²) >= 11 is 0. The van der Waals surface area contributed by atoms with Gasteiger partial charge in [-0.15, -0.1) is 17.6 Å². The van der Waals surface area contributed by atoms with Crippen LogP contribution in [0.2, 0.25) is 0 Å². The van der Waals surface area contributed by atoms with E-state index in [1.807, 2.05) is 39.8 Å². The van der Waals surface area contributed by atoms with Gasteiger partial charge in [0.2, 0.25) is 0 Å². The second-order valence-corrected chi connectivity index (χ2v) is 22.8. The molecule has 2 aliphatic carbocycles. The van der Waals surface area contributed by atoms with Gasteiger partial charge in [0.05, 0.1) is 62.0 Å². The van der Waals surface area contributed by atoms with Crippen molar-refractivity contribution in [3.05, 3.63) is 118 Å². The zero-order valence-electron chi connectivity index (χ0n) is 45.1. The highest BCUT2D eigenvalue weighted by Crippen LogP contribution is 2.54. The zero-order valence-corrected chi connectivity index (χ0v) is 45.1. The molecule has 0 radical (unpaired) electrons. The van der Waals surface area contributed by atoms with Crippen LogP contribution in [-0.2, 0) is 60.1 Å². The van der Waals surface area contributed by atoms with E-state index in [0.29, 0.717) is 72.7 Å². The van der Waals surface area contributed by atoms with Crippen molar-refractivity contribution < 1.29 is 95.0 Å². The number of ketones is 2. The van der Waals surface area contributed by atoms with Crippen molar-refractivity contribution in [3.8, 4) is 23.0 Å². The summed E-state index contributed by atoms with van der Waals surface area (Å²) in [6, 6.07) is 18.4. The van der Waals surface area contributed by atoms with Crippen LogP contribution in [0.1, 0.15) is 99.9 Å². The second kappa shape index (κ2) is 22.8. The minimum Gasteiger partial charge on any atom is -0.395 e. The molecule has 0 spiro atoms. The Labute approximate surface area is 462 Å². The molecule has 2 aromatic heterocycles. The fourth-order valence-electron chi connectivity index (χ4n) is 10.5. The molecule has 10 rings (SSSR count). The molecular weight excluding hydrogens is 1070 g/mol. The highest BCUT2D eigenvalue weighted by molar-refractivity contribution is 5.96. The van der Waals surface area contributed by atoms with Gasteiger partial charge in [-0.3, -0.25) is 9.59 Å². The summed E-state index contributed by atoms with van der Waals surface area (Å²) < 4.78 is 115. The number of nitrogens with one attached hydrogen (secondary N) is 1. The SMILES string of the molecule is CC(C)(CCOC[C@@H](O)CO)c1cc2cc(CC(=O)C3(c4ccc5c(c4)OC(F)(F)O5)CC3)c(F)cc2[nH]1.CC(C)(CCOC[C@@H](O)CO)c1cc2cc(CC(=O)C3(c4ccc5c(c4)OC(F)(F)O5)CC3)c(F)cc2n1C[C@@H](O)CO. The molecule has 4 aromatic carbocycles. The Balaban J connectivity index is 0.000000197. The third-order valence-electron chi connectivity index (χ3n) is 15.8. The fourth-order valence-corrected chi connectivity index (χ4v) is 10.5. The number of ether oxygens (including phenoxy) is 6. The van der Waals surface area contributed by atoms with Crippen LogP contribution in [0, 0.1) is 11.6 Å². The molecule has 3 atom stereocenters. The molecule has 4 heterocycles. The summed E-state index contributed by atoms with van der Waals surface area (Å²) in [5.74, 6) is -1.99. The number of hydrogen-bond acceptors (Lipinski definition) is 14. The highest BCUT2D eigenvalue weighted by Gasteiger charge is 2.54. The summed E-state index contributed by atoms with van der Waals surface area (Å²) in [5.41, 5.74) is 1.57. The van der Waals surface area contributed by atoms with Gasteiger partial charge >= 0.3 is 12.6 Å². The van der Waals surface area contributed by atoms with Crippen LogP contribution in [0.25, 0.3) is 21.8 Å². The van der Waals surface area contributed by atoms with E-state index in [1.165, 1.54) is 36.4 Å².